The Hall–Kier alpha value is -2.31. The van der Waals surface area contributed by atoms with Gasteiger partial charge in [-0.1, -0.05) is 36.9 Å². The zero-order valence-electron chi connectivity index (χ0n) is 12.8. The molecule has 2 aromatic carbocycles. The van der Waals surface area contributed by atoms with Crippen molar-refractivity contribution in [2.75, 3.05) is 19.0 Å². The van der Waals surface area contributed by atoms with Gasteiger partial charge in [-0.15, -0.1) is 0 Å². The van der Waals surface area contributed by atoms with Crippen LogP contribution >= 0.6 is 0 Å². The van der Waals surface area contributed by atoms with E-state index in [2.05, 4.69) is 11.9 Å². The molecular weight excluding hydrogens is 312 g/mol. The van der Waals surface area contributed by atoms with Gasteiger partial charge in [-0.3, -0.25) is 0 Å². The van der Waals surface area contributed by atoms with Crippen LogP contribution in [-0.2, 0) is 10.0 Å². The summed E-state index contributed by atoms with van der Waals surface area (Å²) in [6, 6.07) is 14.3. The van der Waals surface area contributed by atoms with Gasteiger partial charge in [0, 0.05) is 7.05 Å². The molecule has 0 spiro atoms. The van der Waals surface area contributed by atoms with Gasteiger partial charge in [0.25, 0.3) is 0 Å². The molecule has 1 aliphatic heterocycles. The number of fused-ring (bicyclic) bond motifs is 1. The Balaban J connectivity index is 1.93. The van der Waals surface area contributed by atoms with Crippen molar-refractivity contribution in [2.45, 2.75) is 11.1 Å². The molecule has 120 valence electrons. The van der Waals surface area contributed by atoms with Crippen LogP contribution in [0.15, 0.2) is 66.1 Å². The number of benzene rings is 2. The highest BCUT2D eigenvalue weighted by Gasteiger charge is 2.35. The Labute approximate surface area is 136 Å². The van der Waals surface area contributed by atoms with Crippen LogP contribution in [0.1, 0.15) is 11.7 Å². The summed E-state index contributed by atoms with van der Waals surface area (Å²) in [6.07, 6.45) is 1.22. The molecule has 0 fully saturated rings. The lowest BCUT2D eigenvalue weighted by atomic mass is 10.1. The Morgan fingerprint density at radius 2 is 1.91 bits per heavy atom. The summed E-state index contributed by atoms with van der Waals surface area (Å²) in [5.74, 6) is 0.718. The molecule has 1 atom stereocenters. The van der Waals surface area contributed by atoms with Gasteiger partial charge in [0.05, 0.1) is 5.69 Å². The summed E-state index contributed by atoms with van der Waals surface area (Å²) in [5, 5.41) is 3.27. The number of hydrogen-bond donors (Lipinski definition) is 1. The standard InChI is InChI=1S/C17H18N2O3S/c1-3-12-22-14-10-8-13(9-11-14)17-18-15-6-4-5-7-16(15)23(20,21)19(17)2/h3-11,17-18H,1,12H2,2H3/t17-/m0/s1. The Morgan fingerprint density at radius 1 is 1.22 bits per heavy atom. The van der Waals surface area contributed by atoms with Gasteiger partial charge in [0.1, 0.15) is 23.4 Å². The monoisotopic (exact) mass is 330 g/mol. The molecule has 0 radical (unpaired) electrons. The largest absolute Gasteiger partial charge is 0.490 e. The predicted molar refractivity (Wildman–Crippen MR) is 89.9 cm³/mol. The minimum Gasteiger partial charge on any atom is -0.490 e. The van der Waals surface area contributed by atoms with Crippen LogP contribution in [0.3, 0.4) is 0 Å². The molecule has 0 bridgehead atoms. The van der Waals surface area contributed by atoms with Crippen LogP contribution in [0.25, 0.3) is 0 Å². The van der Waals surface area contributed by atoms with Crippen LogP contribution in [-0.4, -0.2) is 26.4 Å². The summed E-state index contributed by atoms with van der Waals surface area (Å²) in [7, 11) is -1.94. The molecule has 0 unspecified atom stereocenters. The minimum absolute atomic E-state index is 0.296. The number of nitrogens with zero attached hydrogens (tertiary/aromatic N) is 1. The van der Waals surface area contributed by atoms with Crippen molar-refractivity contribution in [1.29, 1.82) is 0 Å². The molecule has 2 aromatic rings. The highest BCUT2D eigenvalue weighted by atomic mass is 32.2. The van der Waals surface area contributed by atoms with Gasteiger partial charge in [0.15, 0.2) is 0 Å². The number of para-hydroxylation sites is 1. The summed E-state index contributed by atoms with van der Waals surface area (Å²) in [6.45, 7) is 4.04. The first-order chi connectivity index (χ1) is 11.0. The fourth-order valence-corrected chi connectivity index (χ4v) is 3.96. The van der Waals surface area contributed by atoms with Crippen LogP contribution in [0.2, 0.25) is 0 Å². The van der Waals surface area contributed by atoms with Crippen LogP contribution in [0.5, 0.6) is 5.75 Å². The van der Waals surface area contributed by atoms with E-state index in [-0.39, 0.29) is 0 Å². The molecule has 3 rings (SSSR count). The van der Waals surface area contributed by atoms with Crippen molar-refractivity contribution in [2.24, 2.45) is 0 Å². The maximum absolute atomic E-state index is 12.6. The van der Waals surface area contributed by atoms with Crippen molar-refractivity contribution in [3.8, 4) is 5.75 Å². The third kappa shape index (κ3) is 2.83. The average molecular weight is 330 g/mol. The fourth-order valence-electron chi connectivity index (χ4n) is 2.54. The third-order valence-electron chi connectivity index (χ3n) is 3.76. The second-order valence-electron chi connectivity index (χ2n) is 5.23. The van der Waals surface area contributed by atoms with Crippen LogP contribution in [0, 0.1) is 0 Å². The van der Waals surface area contributed by atoms with Crippen LogP contribution < -0.4 is 10.1 Å². The first-order valence-corrected chi connectivity index (χ1v) is 8.65. The molecule has 5 nitrogen and oxygen atoms in total. The van der Waals surface area contributed by atoms with Crippen molar-refractivity contribution in [3.63, 3.8) is 0 Å². The van der Waals surface area contributed by atoms with Gasteiger partial charge in [0.2, 0.25) is 10.0 Å². The lowest BCUT2D eigenvalue weighted by Gasteiger charge is -2.35. The van der Waals surface area contributed by atoms with E-state index < -0.39 is 16.2 Å². The van der Waals surface area contributed by atoms with E-state index in [9.17, 15) is 8.42 Å². The zero-order chi connectivity index (χ0) is 16.4. The molecule has 0 saturated heterocycles. The maximum atomic E-state index is 12.6. The van der Waals surface area contributed by atoms with E-state index in [1.807, 2.05) is 30.3 Å². The fraction of sp³-hybridized carbons (Fsp3) is 0.176. The highest BCUT2D eigenvalue weighted by molar-refractivity contribution is 7.89. The van der Waals surface area contributed by atoms with Crippen LogP contribution in [0.4, 0.5) is 5.69 Å². The smallest absolute Gasteiger partial charge is 0.246 e. The molecule has 0 aliphatic carbocycles. The Morgan fingerprint density at radius 3 is 2.61 bits per heavy atom. The lowest BCUT2D eigenvalue weighted by Crippen LogP contribution is -2.39. The summed E-state index contributed by atoms with van der Waals surface area (Å²) in [4.78, 5) is 0.296. The average Bonchev–Trinajstić information content (AvgIpc) is 2.57. The first kappa shape index (κ1) is 15.6. The van der Waals surface area contributed by atoms with Gasteiger partial charge in [-0.2, -0.15) is 4.31 Å². The van der Waals surface area contributed by atoms with Crippen molar-refractivity contribution in [1.82, 2.24) is 4.31 Å². The molecule has 6 heteroatoms. The normalized spacial score (nSPS) is 19.4. The van der Waals surface area contributed by atoms with Gasteiger partial charge < -0.3 is 10.1 Å². The van der Waals surface area contributed by atoms with E-state index in [0.717, 1.165) is 11.3 Å². The van der Waals surface area contributed by atoms with Crippen molar-refractivity contribution >= 4 is 15.7 Å². The summed E-state index contributed by atoms with van der Waals surface area (Å²) >= 11 is 0. The molecule has 0 aromatic heterocycles. The van der Waals surface area contributed by atoms with E-state index in [1.165, 1.54) is 4.31 Å². The zero-order valence-corrected chi connectivity index (χ0v) is 13.6. The Bertz CT molecular complexity index is 816. The van der Waals surface area contributed by atoms with Crippen molar-refractivity contribution < 1.29 is 13.2 Å². The molecule has 23 heavy (non-hydrogen) atoms. The quantitative estimate of drug-likeness (QED) is 0.876. The number of hydrogen-bond acceptors (Lipinski definition) is 4. The summed E-state index contributed by atoms with van der Waals surface area (Å²) in [5.41, 5.74) is 1.46. The number of nitrogens with one attached hydrogen (secondary N) is 1. The molecule has 1 heterocycles. The lowest BCUT2D eigenvalue weighted by molar-refractivity contribution is 0.362. The first-order valence-electron chi connectivity index (χ1n) is 7.21. The topological polar surface area (TPSA) is 58.6 Å². The number of rotatable bonds is 4. The van der Waals surface area contributed by atoms with Crippen molar-refractivity contribution in [3.05, 3.63) is 66.7 Å². The molecule has 0 amide bonds. The van der Waals surface area contributed by atoms with E-state index in [0.29, 0.717) is 17.2 Å². The Kier molecular flexibility index (Phi) is 4.11. The van der Waals surface area contributed by atoms with E-state index in [4.69, 9.17) is 4.74 Å². The molecule has 0 saturated carbocycles. The maximum Gasteiger partial charge on any atom is 0.246 e. The van der Waals surface area contributed by atoms with E-state index >= 15 is 0 Å². The van der Waals surface area contributed by atoms with Gasteiger partial charge in [-0.05, 0) is 29.8 Å². The molecule has 1 N–H and O–H groups in total. The third-order valence-corrected chi connectivity index (χ3v) is 5.64. The number of anilines is 1. The molecular formula is C17H18N2O3S. The summed E-state index contributed by atoms with van der Waals surface area (Å²) < 4.78 is 32.1. The number of sulfonamides is 1. The van der Waals surface area contributed by atoms with Gasteiger partial charge in [-0.25, -0.2) is 8.42 Å². The number of ether oxygens (including phenoxy) is 1. The molecule has 1 aliphatic rings. The second-order valence-corrected chi connectivity index (χ2v) is 7.20. The minimum atomic E-state index is -3.52. The SMILES string of the molecule is C=CCOc1ccc([C@H]2Nc3ccccc3S(=O)(=O)N2C)cc1. The highest BCUT2D eigenvalue weighted by Crippen LogP contribution is 2.37. The predicted octanol–water partition coefficient (Wildman–Crippen LogP) is 3.00. The van der Waals surface area contributed by atoms with E-state index in [1.54, 1.807) is 31.3 Å². The van der Waals surface area contributed by atoms with Gasteiger partial charge >= 0.3 is 0 Å². The second kappa shape index (κ2) is 6.06.